The fourth-order valence-corrected chi connectivity index (χ4v) is 3.04. The molecule has 2 heterocycles. The molecule has 0 atom stereocenters. The van der Waals surface area contributed by atoms with Crippen LogP contribution in [0, 0.1) is 5.92 Å². The van der Waals surface area contributed by atoms with Crippen molar-refractivity contribution in [3.05, 3.63) is 39.3 Å². The highest BCUT2D eigenvalue weighted by Gasteiger charge is 2.15. The van der Waals surface area contributed by atoms with Gasteiger partial charge in [-0.1, -0.05) is 13.8 Å². The zero-order chi connectivity index (χ0) is 17.0. The van der Waals surface area contributed by atoms with Crippen molar-refractivity contribution in [2.75, 3.05) is 0 Å². The van der Waals surface area contributed by atoms with Crippen molar-refractivity contribution in [3.8, 4) is 0 Å². The molecular weight excluding hydrogens is 314 g/mol. The van der Waals surface area contributed by atoms with Crippen LogP contribution in [0.1, 0.15) is 51.5 Å². The fourth-order valence-electron chi connectivity index (χ4n) is 2.26. The van der Waals surface area contributed by atoms with Crippen molar-refractivity contribution in [3.63, 3.8) is 0 Å². The third-order valence-electron chi connectivity index (χ3n) is 3.28. The van der Waals surface area contributed by atoms with Crippen LogP contribution in [0.25, 0.3) is 0 Å². The molecule has 0 aliphatic rings. The van der Waals surface area contributed by atoms with Crippen LogP contribution < -0.4 is 5.32 Å². The first kappa shape index (κ1) is 17.2. The number of aromatic carboxylic acids is 1. The van der Waals surface area contributed by atoms with E-state index in [9.17, 15) is 9.59 Å². The molecule has 0 fully saturated rings. The van der Waals surface area contributed by atoms with Gasteiger partial charge in [-0.3, -0.25) is 9.48 Å². The highest BCUT2D eigenvalue weighted by atomic mass is 32.1. The molecule has 23 heavy (non-hydrogen) atoms. The van der Waals surface area contributed by atoms with Crippen LogP contribution in [-0.4, -0.2) is 26.8 Å². The van der Waals surface area contributed by atoms with Crippen molar-refractivity contribution in [1.82, 2.24) is 15.1 Å². The summed E-state index contributed by atoms with van der Waals surface area (Å²) in [4.78, 5) is 24.3. The highest BCUT2D eigenvalue weighted by Crippen LogP contribution is 2.16. The molecule has 2 N–H and O–H groups in total. The molecule has 0 bridgehead atoms. The summed E-state index contributed by atoms with van der Waals surface area (Å²) < 4.78 is 1.70. The zero-order valence-electron chi connectivity index (χ0n) is 13.5. The number of carbonyl (C=O) groups is 2. The lowest BCUT2D eigenvalue weighted by atomic mass is 10.1. The molecule has 124 valence electrons. The minimum atomic E-state index is -0.949. The Balaban J connectivity index is 2.04. The molecule has 0 unspecified atom stereocenters. The molecule has 0 saturated heterocycles. The van der Waals surface area contributed by atoms with Crippen LogP contribution in [0.15, 0.2) is 18.2 Å². The summed E-state index contributed by atoms with van der Waals surface area (Å²) in [7, 11) is 0. The number of rotatable bonds is 7. The number of hydrogen-bond acceptors (Lipinski definition) is 4. The summed E-state index contributed by atoms with van der Waals surface area (Å²) in [5, 5.41) is 16.2. The molecule has 0 aliphatic carbocycles. The predicted molar refractivity (Wildman–Crippen MR) is 88.9 cm³/mol. The number of nitrogens with zero attached hydrogens (tertiary/aromatic N) is 2. The van der Waals surface area contributed by atoms with E-state index in [1.54, 1.807) is 16.8 Å². The molecule has 0 saturated carbocycles. The van der Waals surface area contributed by atoms with E-state index in [2.05, 4.69) is 24.3 Å². The average Bonchev–Trinajstić information content (AvgIpc) is 3.10. The van der Waals surface area contributed by atoms with Gasteiger partial charge in [0, 0.05) is 11.4 Å². The van der Waals surface area contributed by atoms with E-state index in [1.165, 1.54) is 11.3 Å². The number of thiophene rings is 1. The maximum atomic E-state index is 12.4. The molecule has 0 radical (unpaired) electrons. The summed E-state index contributed by atoms with van der Waals surface area (Å²) >= 11 is 1.17. The Hall–Kier alpha value is -2.15. The van der Waals surface area contributed by atoms with Crippen molar-refractivity contribution >= 4 is 23.2 Å². The van der Waals surface area contributed by atoms with E-state index < -0.39 is 5.97 Å². The summed E-state index contributed by atoms with van der Waals surface area (Å²) in [6, 6.07) is 5.09. The minimum absolute atomic E-state index is 0.195. The molecule has 0 aromatic carbocycles. The first-order valence-corrected chi connectivity index (χ1v) is 8.39. The zero-order valence-corrected chi connectivity index (χ0v) is 14.3. The van der Waals surface area contributed by atoms with E-state index in [-0.39, 0.29) is 10.8 Å². The predicted octanol–water partition coefficient (Wildman–Crippen LogP) is 2.79. The molecule has 0 aliphatic heterocycles. The first-order valence-electron chi connectivity index (χ1n) is 7.57. The minimum Gasteiger partial charge on any atom is -0.477 e. The van der Waals surface area contributed by atoms with Gasteiger partial charge in [0.05, 0.1) is 12.2 Å². The number of amides is 1. The van der Waals surface area contributed by atoms with Gasteiger partial charge in [-0.2, -0.15) is 5.10 Å². The van der Waals surface area contributed by atoms with E-state index in [4.69, 9.17) is 5.11 Å². The summed E-state index contributed by atoms with van der Waals surface area (Å²) in [5.74, 6) is -0.665. The van der Waals surface area contributed by atoms with E-state index in [1.807, 2.05) is 13.0 Å². The average molecular weight is 335 g/mol. The largest absolute Gasteiger partial charge is 0.477 e. The molecule has 2 rings (SSSR count). The van der Waals surface area contributed by atoms with Crippen molar-refractivity contribution in [2.24, 2.45) is 5.92 Å². The monoisotopic (exact) mass is 335 g/mol. The van der Waals surface area contributed by atoms with Gasteiger partial charge in [0.15, 0.2) is 0 Å². The Labute approximate surface area is 139 Å². The lowest BCUT2D eigenvalue weighted by Crippen LogP contribution is -2.25. The summed E-state index contributed by atoms with van der Waals surface area (Å²) in [6.45, 7) is 7.11. The third kappa shape index (κ3) is 4.41. The van der Waals surface area contributed by atoms with Crippen molar-refractivity contribution in [2.45, 2.75) is 40.3 Å². The number of carboxylic acid groups (broad SMARTS) is 1. The molecule has 2 aromatic heterocycles. The highest BCUT2D eigenvalue weighted by molar-refractivity contribution is 7.13. The number of aryl methyl sites for hydroxylation is 1. The van der Waals surface area contributed by atoms with Crippen molar-refractivity contribution < 1.29 is 14.7 Å². The first-order chi connectivity index (χ1) is 10.9. The number of hydrogen-bond donors (Lipinski definition) is 2. The Morgan fingerprint density at radius 3 is 2.70 bits per heavy atom. The molecule has 6 nitrogen and oxygen atoms in total. The van der Waals surface area contributed by atoms with E-state index in [0.717, 1.165) is 17.0 Å². The van der Waals surface area contributed by atoms with Gasteiger partial charge in [0.1, 0.15) is 10.6 Å². The maximum Gasteiger partial charge on any atom is 0.345 e. The number of carboxylic acids is 1. The van der Waals surface area contributed by atoms with Crippen LogP contribution in [0.4, 0.5) is 0 Å². The second kappa shape index (κ2) is 7.41. The number of nitrogens with one attached hydrogen (secondary N) is 1. The summed E-state index contributed by atoms with van der Waals surface area (Å²) in [5.41, 5.74) is 1.45. The topological polar surface area (TPSA) is 84.2 Å². The van der Waals surface area contributed by atoms with Gasteiger partial charge in [-0.15, -0.1) is 11.3 Å². The summed E-state index contributed by atoms with van der Waals surface area (Å²) in [6.07, 6.45) is 0.834. The van der Waals surface area contributed by atoms with Gasteiger partial charge in [0.2, 0.25) is 0 Å². The number of aromatic nitrogens is 2. The Bertz CT molecular complexity index is 703. The van der Waals surface area contributed by atoms with E-state index >= 15 is 0 Å². The SMILES string of the molecule is CCn1nc(CC(C)C)cc1C(=O)NCc1ccc(C(=O)O)s1. The van der Waals surface area contributed by atoms with Gasteiger partial charge in [0.25, 0.3) is 5.91 Å². The number of carbonyl (C=O) groups excluding carboxylic acids is 1. The Morgan fingerprint density at radius 2 is 2.13 bits per heavy atom. The quantitative estimate of drug-likeness (QED) is 0.815. The van der Waals surface area contributed by atoms with Gasteiger partial charge in [-0.25, -0.2) is 4.79 Å². The smallest absolute Gasteiger partial charge is 0.345 e. The van der Waals surface area contributed by atoms with Gasteiger partial charge >= 0.3 is 5.97 Å². The second-order valence-corrected chi connectivity index (χ2v) is 6.86. The molecule has 0 spiro atoms. The molecular formula is C16H21N3O3S. The Kier molecular flexibility index (Phi) is 5.54. The van der Waals surface area contributed by atoms with Crippen LogP contribution in [0.3, 0.4) is 0 Å². The van der Waals surface area contributed by atoms with E-state index in [0.29, 0.717) is 24.7 Å². The van der Waals surface area contributed by atoms with Crippen LogP contribution >= 0.6 is 11.3 Å². The standard InChI is InChI=1S/C16H21N3O3S/c1-4-19-13(8-11(18-19)7-10(2)3)15(20)17-9-12-5-6-14(23-12)16(21)22/h5-6,8,10H,4,7,9H2,1-3H3,(H,17,20)(H,21,22). The molecule has 1 amide bonds. The lowest BCUT2D eigenvalue weighted by Gasteiger charge is -2.05. The maximum absolute atomic E-state index is 12.4. The van der Waals surface area contributed by atoms with Gasteiger partial charge < -0.3 is 10.4 Å². The lowest BCUT2D eigenvalue weighted by molar-refractivity contribution is 0.0702. The van der Waals surface area contributed by atoms with Crippen molar-refractivity contribution in [1.29, 1.82) is 0 Å². The molecule has 7 heteroatoms. The molecule has 2 aromatic rings. The van der Waals surface area contributed by atoms with Crippen LogP contribution in [-0.2, 0) is 19.5 Å². The normalized spacial score (nSPS) is 11.0. The van der Waals surface area contributed by atoms with Crippen LogP contribution in [0.5, 0.6) is 0 Å². The third-order valence-corrected chi connectivity index (χ3v) is 4.35. The van der Waals surface area contributed by atoms with Gasteiger partial charge in [-0.05, 0) is 37.5 Å². The fraction of sp³-hybridized carbons (Fsp3) is 0.438. The second-order valence-electron chi connectivity index (χ2n) is 5.69. The van der Waals surface area contributed by atoms with Crippen LogP contribution in [0.2, 0.25) is 0 Å². The Morgan fingerprint density at radius 1 is 1.39 bits per heavy atom.